The van der Waals surface area contributed by atoms with E-state index < -0.39 is 23.2 Å². The van der Waals surface area contributed by atoms with E-state index in [1.165, 1.54) is 25.6 Å². The first-order valence-corrected chi connectivity index (χ1v) is 14.7. The number of methoxy groups -OCH3 is 1. The fourth-order valence-corrected chi connectivity index (χ4v) is 6.37. The molecule has 1 saturated heterocycles. The number of alkyl halides is 3. The molecule has 1 aliphatic heterocycles. The number of anilines is 2. The third-order valence-corrected chi connectivity index (χ3v) is 8.78. The van der Waals surface area contributed by atoms with Gasteiger partial charge >= 0.3 is 6.18 Å². The van der Waals surface area contributed by atoms with Crippen molar-refractivity contribution in [1.29, 1.82) is 0 Å². The van der Waals surface area contributed by atoms with Crippen molar-refractivity contribution in [1.82, 2.24) is 29.5 Å². The summed E-state index contributed by atoms with van der Waals surface area (Å²) in [7, 11) is 3.59. The van der Waals surface area contributed by atoms with Crippen LogP contribution < -0.4 is 15.8 Å². The highest BCUT2D eigenvalue weighted by atomic mass is 19.4. The molecular weight excluding hydrogens is 573 g/mol. The van der Waals surface area contributed by atoms with Gasteiger partial charge in [0.15, 0.2) is 5.65 Å². The highest BCUT2D eigenvalue weighted by Gasteiger charge is 2.35. The normalized spacial score (nSPS) is 20.1. The molecule has 3 N–H and O–H groups in total. The van der Waals surface area contributed by atoms with Gasteiger partial charge in [-0.2, -0.15) is 18.3 Å². The van der Waals surface area contributed by atoms with E-state index in [1.807, 2.05) is 4.68 Å². The molecule has 10 nitrogen and oxygen atoms in total. The number of nitrogens with zero attached hydrogens (tertiary/aromatic N) is 6. The van der Waals surface area contributed by atoms with Crippen LogP contribution in [0.5, 0.6) is 5.75 Å². The lowest BCUT2D eigenvalue weighted by Crippen LogP contribution is -2.49. The van der Waals surface area contributed by atoms with E-state index in [2.05, 4.69) is 32.1 Å². The van der Waals surface area contributed by atoms with Crippen LogP contribution in [0, 0.1) is 0 Å². The van der Waals surface area contributed by atoms with Crippen molar-refractivity contribution in [3.63, 3.8) is 0 Å². The van der Waals surface area contributed by atoms with Crippen LogP contribution in [0.3, 0.4) is 0 Å². The Morgan fingerprint density at radius 2 is 1.70 bits per heavy atom. The molecule has 0 bridgehead atoms. The number of amides is 1. The summed E-state index contributed by atoms with van der Waals surface area (Å²) in [5.41, 5.74) is 6.93. The lowest BCUT2D eigenvalue weighted by atomic mass is 9.90. The van der Waals surface area contributed by atoms with Crippen LogP contribution in [0.25, 0.3) is 22.3 Å². The fourth-order valence-electron chi connectivity index (χ4n) is 6.37. The van der Waals surface area contributed by atoms with Gasteiger partial charge in [0.2, 0.25) is 0 Å². The number of rotatable bonds is 6. The Hall–Kier alpha value is -4.23. The summed E-state index contributed by atoms with van der Waals surface area (Å²) in [5, 5.41) is 8.17. The van der Waals surface area contributed by atoms with Gasteiger partial charge in [-0.25, -0.2) is 14.6 Å². The molecule has 2 aromatic heterocycles. The third kappa shape index (κ3) is 5.81. The molecule has 0 unspecified atom stereocenters. The second-order valence-corrected chi connectivity index (χ2v) is 11.5. The number of hydrogen-bond donors (Lipinski definition) is 2. The average molecular weight is 609 g/mol. The highest BCUT2D eigenvalue weighted by molar-refractivity contribution is 6.06. The lowest BCUT2D eigenvalue weighted by Gasteiger charge is -2.41. The number of halogens is 3. The SMILES string of the molecule is COc1cc(-c2nn(C3CCC(N4CCN(C)CC4)CC3)c3ncnc(N)c23)ccc1NC(=O)c1ccccc1C(F)(F)F. The van der Waals surface area contributed by atoms with Crippen molar-refractivity contribution in [2.45, 2.75) is 43.9 Å². The number of fused-ring (bicyclic) bond motifs is 1. The minimum atomic E-state index is -4.67. The Labute approximate surface area is 253 Å². The molecule has 0 atom stereocenters. The number of aromatic nitrogens is 4. The monoisotopic (exact) mass is 608 g/mol. The van der Waals surface area contributed by atoms with E-state index in [-0.39, 0.29) is 17.5 Å². The number of nitrogen functional groups attached to an aromatic ring is 1. The minimum absolute atomic E-state index is 0.151. The number of piperazine rings is 1. The summed E-state index contributed by atoms with van der Waals surface area (Å²) in [6.07, 6.45) is 0.841. The molecule has 0 radical (unpaired) electrons. The number of hydrogen-bond acceptors (Lipinski definition) is 8. The van der Waals surface area contributed by atoms with Crippen molar-refractivity contribution in [2.24, 2.45) is 0 Å². The van der Waals surface area contributed by atoms with Gasteiger partial charge in [-0.3, -0.25) is 9.69 Å². The van der Waals surface area contributed by atoms with Crippen LogP contribution in [-0.4, -0.2) is 81.8 Å². The number of ether oxygens (including phenoxy) is 1. The molecule has 6 rings (SSSR count). The van der Waals surface area contributed by atoms with Crippen LogP contribution in [0.2, 0.25) is 0 Å². The van der Waals surface area contributed by atoms with Gasteiger partial charge in [0.1, 0.15) is 23.6 Å². The Bertz CT molecular complexity index is 1660. The van der Waals surface area contributed by atoms with Gasteiger partial charge in [0, 0.05) is 37.8 Å². The number of nitrogens with two attached hydrogens (primary N) is 1. The maximum atomic E-state index is 13.5. The first-order valence-electron chi connectivity index (χ1n) is 14.7. The second kappa shape index (κ2) is 12.0. The van der Waals surface area contributed by atoms with Gasteiger partial charge in [0.05, 0.1) is 35.4 Å². The zero-order chi connectivity index (χ0) is 31.0. The predicted molar refractivity (Wildman–Crippen MR) is 161 cm³/mol. The first-order chi connectivity index (χ1) is 21.1. The van der Waals surface area contributed by atoms with Gasteiger partial charge in [0.25, 0.3) is 5.91 Å². The number of carbonyl (C=O) groups is 1. The summed E-state index contributed by atoms with van der Waals surface area (Å²) >= 11 is 0. The van der Waals surface area contributed by atoms with Gasteiger partial charge < -0.3 is 20.7 Å². The van der Waals surface area contributed by atoms with Crippen molar-refractivity contribution in [3.8, 4) is 17.0 Å². The second-order valence-electron chi connectivity index (χ2n) is 11.5. The molecule has 44 heavy (non-hydrogen) atoms. The number of carbonyl (C=O) groups excluding carboxylic acids is 1. The summed E-state index contributed by atoms with van der Waals surface area (Å²) in [6.45, 7) is 4.38. The van der Waals surface area contributed by atoms with E-state index in [4.69, 9.17) is 15.6 Å². The lowest BCUT2D eigenvalue weighted by molar-refractivity contribution is -0.137. The van der Waals surface area contributed by atoms with E-state index in [0.717, 1.165) is 64.0 Å². The highest BCUT2D eigenvalue weighted by Crippen LogP contribution is 2.39. The molecule has 2 fully saturated rings. The largest absolute Gasteiger partial charge is 0.495 e. The standard InChI is InChI=1S/C31H35F3N8O2/c1-40-13-15-41(16-14-40)20-8-10-21(11-9-20)42-29-26(28(35)36-18-37-29)27(39-42)19-7-12-24(25(17-19)44-2)38-30(43)22-5-3-4-6-23(22)31(32,33)34/h3-7,12,17-18,20-21H,8-11,13-16H2,1-2H3,(H,38,43)(H2,35,36,37). The van der Waals surface area contributed by atoms with E-state index >= 15 is 0 Å². The van der Waals surface area contributed by atoms with Crippen molar-refractivity contribution >= 4 is 28.4 Å². The van der Waals surface area contributed by atoms with E-state index in [9.17, 15) is 18.0 Å². The van der Waals surface area contributed by atoms with E-state index in [1.54, 1.807) is 18.2 Å². The first kappa shape index (κ1) is 29.8. The molecule has 2 aliphatic rings. The Morgan fingerprint density at radius 3 is 2.41 bits per heavy atom. The van der Waals surface area contributed by atoms with Crippen molar-refractivity contribution in [2.75, 3.05) is 51.4 Å². The van der Waals surface area contributed by atoms with E-state index in [0.29, 0.717) is 34.2 Å². The Balaban J connectivity index is 1.27. The van der Waals surface area contributed by atoms with Crippen LogP contribution in [0.15, 0.2) is 48.8 Å². The number of nitrogens with one attached hydrogen (secondary N) is 1. The molecular formula is C31H35F3N8O2. The third-order valence-electron chi connectivity index (χ3n) is 8.78. The minimum Gasteiger partial charge on any atom is -0.495 e. The van der Waals surface area contributed by atoms with Gasteiger partial charge in [-0.1, -0.05) is 18.2 Å². The summed E-state index contributed by atoms with van der Waals surface area (Å²) in [4.78, 5) is 26.7. The molecule has 1 saturated carbocycles. The topological polar surface area (TPSA) is 114 Å². The smallest absolute Gasteiger partial charge is 0.417 e. The molecule has 13 heteroatoms. The summed E-state index contributed by atoms with van der Waals surface area (Å²) in [6, 6.07) is 10.3. The van der Waals surface area contributed by atoms with Crippen LogP contribution in [0.4, 0.5) is 24.7 Å². The quantitative estimate of drug-likeness (QED) is 0.311. The molecule has 4 aromatic rings. The van der Waals surface area contributed by atoms with Crippen LogP contribution in [-0.2, 0) is 6.18 Å². The van der Waals surface area contributed by atoms with Crippen molar-refractivity contribution in [3.05, 3.63) is 59.9 Å². The summed E-state index contributed by atoms with van der Waals surface area (Å²) < 4.78 is 48.0. The number of benzene rings is 2. The molecule has 232 valence electrons. The zero-order valence-electron chi connectivity index (χ0n) is 24.6. The zero-order valence-corrected chi connectivity index (χ0v) is 24.6. The average Bonchev–Trinajstić information content (AvgIpc) is 3.42. The molecule has 1 aliphatic carbocycles. The summed E-state index contributed by atoms with van der Waals surface area (Å²) in [5.74, 6) is -0.350. The van der Waals surface area contributed by atoms with Gasteiger partial charge in [-0.15, -0.1) is 0 Å². The number of likely N-dealkylation sites (N-methyl/N-ethyl adjacent to an activating group) is 1. The maximum absolute atomic E-state index is 13.5. The maximum Gasteiger partial charge on any atom is 0.417 e. The Morgan fingerprint density at radius 1 is 1.00 bits per heavy atom. The fraction of sp³-hybridized carbons (Fsp3) is 0.419. The molecule has 1 amide bonds. The van der Waals surface area contributed by atoms with Crippen LogP contribution in [0.1, 0.15) is 47.6 Å². The molecule has 3 heterocycles. The predicted octanol–water partition coefficient (Wildman–Crippen LogP) is 5.09. The van der Waals surface area contributed by atoms with Crippen molar-refractivity contribution < 1.29 is 22.7 Å². The Kier molecular flexibility index (Phi) is 8.16. The van der Waals surface area contributed by atoms with Gasteiger partial charge in [-0.05, 0) is 57.0 Å². The molecule has 2 aromatic carbocycles. The molecule has 0 spiro atoms. The van der Waals surface area contributed by atoms with Crippen LogP contribution >= 0.6 is 0 Å².